The predicted octanol–water partition coefficient (Wildman–Crippen LogP) is 4.13. The van der Waals surface area contributed by atoms with Crippen LogP contribution < -0.4 is 0 Å². The lowest BCUT2D eigenvalue weighted by atomic mass is 10.1. The van der Waals surface area contributed by atoms with Crippen molar-refractivity contribution in [2.45, 2.75) is 26.0 Å². The van der Waals surface area contributed by atoms with Gasteiger partial charge < -0.3 is 9.64 Å². The molecule has 0 radical (unpaired) electrons. The second-order valence-electron chi connectivity index (χ2n) is 5.74. The van der Waals surface area contributed by atoms with Crippen LogP contribution in [0.2, 0.25) is 10.0 Å². The SMILES string of the molecule is CC(OC(=O)Cc1ccc(Cl)c(Cl)c1)C(=O)N(C)Cc1ccccc1. The molecule has 2 rings (SSSR count). The molecule has 0 saturated carbocycles. The zero-order valence-corrected chi connectivity index (χ0v) is 15.6. The molecule has 2 aromatic carbocycles. The van der Waals surface area contributed by atoms with Gasteiger partial charge in [0.2, 0.25) is 0 Å². The fraction of sp³-hybridized carbons (Fsp3) is 0.263. The van der Waals surface area contributed by atoms with E-state index in [0.29, 0.717) is 22.2 Å². The maximum Gasteiger partial charge on any atom is 0.311 e. The van der Waals surface area contributed by atoms with E-state index in [1.54, 1.807) is 32.2 Å². The molecule has 0 fully saturated rings. The minimum Gasteiger partial charge on any atom is -0.452 e. The van der Waals surface area contributed by atoms with Gasteiger partial charge in [0.15, 0.2) is 6.10 Å². The van der Waals surface area contributed by atoms with Crippen LogP contribution in [0.5, 0.6) is 0 Å². The summed E-state index contributed by atoms with van der Waals surface area (Å²) in [5, 5.41) is 0.795. The van der Waals surface area contributed by atoms with Gasteiger partial charge in [-0.15, -0.1) is 0 Å². The number of hydrogen-bond donors (Lipinski definition) is 0. The van der Waals surface area contributed by atoms with Gasteiger partial charge in [-0.25, -0.2) is 0 Å². The summed E-state index contributed by atoms with van der Waals surface area (Å²) in [6, 6.07) is 14.5. The van der Waals surface area contributed by atoms with Crippen molar-refractivity contribution < 1.29 is 14.3 Å². The first kappa shape index (κ1) is 19.3. The number of likely N-dealkylation sites (N-methyl/N-ethyl adjacent to an activating group) is 1. The Bertz CT molecular complexity index is 750. The molecule has 2 aromatic rings. The van der Waals surface area contributed by atoms with E-state index in [1.807, 2.05) is 30.3 Å². The minimum absolute atomic E-state index is 0.0247. The number of hydrogen-bond acceptors (Lipinski definition) is 3. The van der Waals surface area contributed by atoms with Gasteiger partial charge in [0.05, 0.1) is 16.5 Å². The second-order valence-corrected chi connectivity index (χ2v) is 6.55. The lowest BCUT2D eigenvalue weighted by Crippen LogP contribution is -2.37. The summed E-state index contributed by atoms with van der Waals surface area (Å²) >= 11 is 11.8. The summed E-state index contributed by atoms with van der Waals surface area (Å²) in [7, 11) is 1.68. The standard InChI is InChI=1S/C19H19Cl2NO3/c1-13(19(24)22(2)12-14-6-4-3-5-7-14)25-18(23)11-15-8-9-16(20)17(21)10-15/h3-10,13H,11-12H2,1-2H3. The van der Waals surface area contributed by atoms with Gasteiger partial charge in [0, 0.05) is 13.6 Å². The van der Waals surface area contributed by atoms with Gasteiger partial charge in [-0.3, -0.25) is 9.59 Å². The molecule has 0 heterocycles. The highest BCUT2D eigenvalue weighted by Gasteiger charge is 2.21. The molecule has 132 valence electrons. The minimum atomic E-state index is -0.857. The third kappa shape index (κ3) is 5.76. The fourth-order valence-corrected chi connectivity index (χ4v) is 2.67. The molecule has 6 heteroatoms. The van der Waals surface area contributed by atoms with E-state index < -0.39 is 12.1 Å². The van der Waals surface area contributed by atoms with E-state index in [-0.39, 0.29) is 12.3 Å². The van der Waals surface area contributed by atoms with Crippen LogP contribution in [0.4, 0.5) is 0 Å². The van der Waals surface area contributed by atoms with Gasteiger partial charge in [-0.2, -0.15) is 0 Å². The van der Waals surface area contributed by atoms with Gasteiger partial charge >= 0.3 is 5.97 Å². The van der Waals surface area contributed by atoms with Crippen molar-refractivity contribution in [2.75, 3.05) is 7.05 Å². The van der Waals surface area contributed by atoms with Crippen molar-refractivity contribution >= 4 is 35.1 Å². The summed E-state index contributed by atoms with van der Waals surface area (Å²) in [4.78, 5) is 25.9. The molecule has 0 bridgehead atoms. The van der Waals surface area contributed by atoms with Gasteiger partial charge in [-0.1, -0.05) is 59.6 Å². The highest BCUT2D eigenvalue weighted by Crippen LogP contribution is 2.23. The lowest BCUT2D eigenvalue weighted by Gasteiger charge is -2.21. The number of nitrogens with zero attached hydrogens (tertiary/aromatic N) is 1. The smallest absolute Gasteiger partial charge is 0.311 e. The van der Waals surface area contributed by atoms with Crippen molar-refractivity contribution in [1.29, 1.82) is 0 Å². The second kappa shape index (κ2) is 8.88. The van der Waals surface area contributed by atoms with Gasteiger partial charge in [-0.05, 0) is 30.2 Å². The molecule has 1 atom stereocenters. The molecule has 0 aliphatic heterocycles. The number of carbonyl (C=O) groups is 2. The average molecular weight is 380 g/mol. The molecular formula is C19H19Cl2NO3. The first-order valence-electron chi connectivity index (χ1n) is 7.79. The number of esters is 1. The predicted molar refractivity (Wildman–Crippen MR) is 98.6 cm³/mol. The molecule has 0 aliphatic rings. The van der Waals surface area contributed by atoms with E-state index in [9.17, 15) is 9.59 Å². The van der Waals surface area contributed by atoms with E-state index >= 15 is 0 Å². The summed E-state index contributed by atoms with van der Waals surface area (Å²) in [5.41, 5.74) is 1.68. The maximum atomic E-state index is 12.3. The van der Waals surface area contributed by atoms with Crippen molar-refractivity contribution in [3.63, 3.8) is 0 Å². The topological polar surface area (TPSA) is 46.6 Å². The van der Waals surface area contributed by atoms with Crippen LogP contribution in [0.25, 0.3) is 0 Å². The normalized spacial score (nSPS) is 11.7. The number of halogens is 2. The van der Waals surface area contributed by atoms with Crippen LogP contribution in [0.1, 0.15) is 18.1 Å². The Balaban J connectivity index is 1.88. The number of rotatable bonds is 6. The number of ether oxygens (including phenoxy) is 1. The highest BCUT2D eigenvalue weighted by molar-refractivity contribution is 6.42. The Morgan fingerprint density at radius 1 is 1.04 bits per heavy atom. The summed E-state index contributed by atoms with van der Waals surface area (Å²) in [6.45, 7) is 2.02. The molecule has 4 nitrogen and oxygen atoms in total. The van der Waals surface area contributed by atoms with E-state index in [0.717, 1.165) is 5.56 Å². The Labute approximate surface area is 157 Å². The van der Waals surface area contributed by atoms with Crippen LogP contribution in [0, 0.1) is 0 Å². The zero-order valence-electron chi connectivity index (χ0n) is 14.0. The number of amides is 1. The largest absolute Gasteiger partial charge is 0.452 e. The van der Waals surface area contributed by atoms with Gasteiger partial charge in [0.1, 0.15) is 0 Å². The third-order valence-corrected chi connectivity index (χ3v) is 4.37. The Morgan fingerprint density at radius 3 is 2.36 bits per heavy atom. The van der Waals surface area contributed by atoms with E-state index in [4.69, 9.17) is 27.9 Å². The van der Waals surface area contributed by atoms with Crippen LogP contribution in [0.15, 0.2) is 48.5 Å². The van der Waals surface area contributed by atoms with Crippen molar-refractivity contribution in [2.24, 2.45) is 0 Å². The highest BCUT2D eigenvalue weighted by atomic mass is 35.5. The Hall–Kier alpha value is -2.04. The quantitative estimate of drug-likeness (QED) is 0.708. The monoisotopic (exact) mass is 379 g/mol. The van der Waals surface area contributed by atoms with Crippen molar-refractivity contribution in [3.8, 4) is 0 Å². The number of benzene rings is 2. The molecule has 1 unspecified atom stereocenters. The third-order valence-electron chi connectivity index (χ3n) is 3.63. The Morgan fingerprint density at radius 2 is 1.72 bits per heavy atom. The van der Waals surface area contributed by atoms with E-state index in [1.165, 1.54) is 4.90 Å². The first-order valence-corrected chi connectivity index (χ1v) is 8.54. The molecule has 0 aromatic heterocycles. The summed E-state index contributed by atoms with van der Waals surface area (Å²) in [5.74, 6) is -0.751. The zero-order chi connectivity index (χ0) is 18.4. The molecule has 0 spiro atoms. The first-order chi connectivity index (χ1) is 11.9. The lowest BCUT2D eigenvalue weighted by molar-refractivity contribution is -0.158. The fourth-order valence-electron chi connectivity index (χ4n) is 2.35. The van der Waals surface area contributed by atoms with Crippen LogP contribution in [-0.2, 0) is 27.3 Å². The molecule has 25 heavy (non-hydrogen) atoms. The van der Waals surface area contributed by atoms with Crippen LogP contribution >= 0.6 is 23.2 Å². The Kier molecular flexibility index (Phi) is 6.85. The number of carbonyl (C=O) groups excluding carboxylic acids is 2. The maximum absolute atomic E-state index is 12.3. The molecule has 0 saturated heterocycles. The van der Waals surface area contributed by atoms with Gasteiger partial charge in [0.25, 0.3) is 5.91 Å². The van der Waals surface area contributed by atoms with Crippen molar-refractivity contribution in [3.05, 3.63) is 69.7 Å². The summed E-state index contributed by atoms with van der Waals surface area (Å²) < 4.78 is 5.24. The summed E-state index contributed by atoms with van der Waals surface area (Å²) in [6.07, 6.45) is -0.833. The van der Waals surface area contributed by atoms with E-state index in [2.05, 4.69) is 0 Å². The molecule has 0 aliphatic carbocycles. The van der Waals surface area contributed by atoms with Crippen molar-refractivity contribution in [1.82, 2.24) is 4.90 Å². The molecular weight excluding hydrogens is 361 g/mol. The average Bonchev–Trinajstić information content (AvgIpc) is 2.58. The van der Waals surface area contributed by atoms with Crippen LogP contribution in [0.3, 0.4) is 0 Å². The molecule has 0 N–H and O–H groups in total. The molecule has 1 amide bonds. The van der Waals surface area contributed by atoms with Crippen LogP contribution in [-0.4, -0.2) is 29.9 Å².